The van der Waals surface area contributed by atoms with Gasteiger partial charge in [0.1, 0.15) is 5.82 Å². The summed E-state index contributed by atoms with van der Waals surface area (Å²) in [6.45, 7) is -0.0787. The van der Waals surface area contributed by atoms with Gasteiger partial charge in [-0.25, -0.2) is 4.79 Å². The molecule has 0 saturated heterocycles. The lowest BCUT2D eigenvalue weighted by Crippen LogP contribution is -2.38. The molecule has 0 radical (unpaired) electrons. The van der Waals surface area contributed by atoms with Gasteiger partial charge < -0.3 is 10.4 Å². The summed E-state index contributed by atoms with van der Waals surface area (Å²) in [7, 11) is 2.66. The average Bonchev–Trinajstić information content (AvgIpc) is 2.29. The van der Waals surface area contributed by atoms with Gasteiger partial charge in [0.25, 0.3) is 5.56 Å². The normalized spacial score (nSPS) is 10.2. The lowest BCUT2D eigenvalue weighted by atomic mass is 10.4. The smallest absolute Gasteiger partial charge is 0.332 e. The lowest BCUT2D eigenvalue weighted by Gasteiger charge is -2.12. The zero-order chi connectivity index (χ0) is 12.3. The zero-order valence-corrected chi connectivity index (χ0v) is 8.93. The molecule has 8 heteroatoms. The molecular formula is C8H12N4O4. The molecule has 0 aromatic carbocycles. The van der Waals surface area contributed by atoms with Gasteiger partial charge >= 0.3 is 5.69 Å². The topological polar surface area (TPSA) is 106 Å². The number of anilines is 1. The van der Waals surface area contributed by atoms with Crippen LogP contribution in [0.15, 0.2) is 14.8 Å². The summed E-state index contributed by atoms with van der Waals surface area (Å²) >= 11 is 0. The van der Waals surface area contributed by atoms with Gasteiger partial charge in [-0.2, -0.15) is 0 Å². The fraction of sp³-hybridized carbons (Fsp3) is 0.500. The van der Waals surface area contributed by atoms with E-state index in [1.807, 2.05) is 0 Å². The molecule has 1 aromatic heterocycles. The van der Waals surface area contributed by atoms with Crippen molar-refractivity contribution in [1.82, 2.24) is 9.13 Å². The Balaban J connectivity index is 3.51. The van der Waals surface area contributed by atoms with E-state index in [9.17, 15) is 14.5 Å². The van der Waals surface area contributed by atoms with E-state index in [2.05, 4.69) is 10.5 Å². The quantitative estimate of drug-likeness (QED) is 0.635. The molecule has 0 aliphatic rings. The van der Waals surface area contributed by atoms with Gasteiger partial charge in [0.05, 0.1) is 6.61 Å². The summed E-state index contributed by atoms with van der Waals surface area (Å²) < 4.78 is 1.88. The largest absolute Gasteiger partial charge is 0.395 e. The Hall–Kier alpha value is -1.96. The van der Waals surface area contributed by atoms with Crippen LogP contribution in [0.1, 0.15) is 0 Å². The van der Waals surface area contributed by atoms with Gasteiger partial charge in [-0.15, -0.1) is 4.91 Å². The molecule has 0 unspecified atom stereocenters. The SMILES string of the molecule is Cn1c(NCCO)c(N=O)c(=O)n(C)c1=O. The molecule has 0 amide bonds. The first kappa shape index (κ1) is 12.1. The van der Waals surface area contributed by atoms with Crippen molar-refractivity contribution in [3.8, 4) is 0 Å². The van der Waals surface area contributed by atoms with E-state index in [1.54, 1.807) is 0 Å². The predicted molar refractivity (Wildman–Crippen MR) is 58.0 cm³/mol. The van der Waals surface area contributed by atoms with Crippen LogP contribution in [0.25, 0.3) is 0 Å². The summed E-state index contributed by atoms with van der Waals surface area (Å²) in [5.74, 6) is 0.0113. The minimum absolute atomic E-state index is 0.0113. The van der Waals surface area contributed by atoms with Crippen molar-refractivity contribution in [2.45, 2.75) is 0 Å². The highest BCUT2D eigenvalue weighted by Crippen LogP contribution is 2.16. The van der Waals surface area contributed by atoms with E-state index < -0.39 is 11.2 Å². The number of rotatable bonds is 4. The Morgan fingerprint density at radius 1 is 1.31 bits per heavy atom. The van der Waals surface area contributed by atoms with Crippen LogP contribution in [0.4, 0.5) is 11.5 Å². The van der Waals surface area contributed by atoms with Crippen LogP contribution in [0, 0.1) is 4.91 Å². The third-order valence-corrected chi connectivity index (χ3v) is 2.14. The molecule has 1 aromatic rings. The molecule has 1 rings (SSSR count). The zero-order valence-electron chi connectivity index (χ0n) is 8.93. The second-order valence-electron chi connectivity index (χ2n) is 3.14. The first-order valence-corrected chi connectivity index (χ1v) is 4.52. The number of hydrogen-bond donors (Lipinski definition) is 2. The number of hydrogen-bond acceptors (Lipinski definition) is 6. The van der Waals surface area contributed by atoms with Gasteiger partial charge in [0, 0.05) is 20.6 Å². The summed E-state index contributed by atoms with van der Waals surface area (Å²) in [6, 6.07) is 0. The van der Waals surface area contributed by atoms with Crippen molar-refractivity contribution in [3.63, 3.8) is 0 Å². The maximum Gasteiger partial charge on any atom is 0.332 e. The molecule has 0 spiro atoms. The maximum atomic E-state index is 11.5. The molecule has 0 fully saturated rings. The minimum atomic E-state index is -0.765. The van der Waals surface area contributed by atoms with Crippen molar-refractivity contribution >= 4 is 11.5 Å². The van der Waals surface area contributed by atoms with Crippen molar-refractivity contribution in [3.05, 3.63) is 25.7 Å². The lowest BCUT2D eigenvalue weighted by molar-refractivity contribution is 0.310. The maximum absolute atomic E-state index is 11.5. The molecule has 0 bridgehead atoms. The summed E-state index contributed by atoms with van der Waals surface area (Å²) in [6.07, 6.45) is 0. The molecule has 88 valence electrons. The number of aromatic nitrogens is 2. The van der Waals surface area contributed by atoms with Crippen LogP contribution >= 0.6 is 0 Å². The molecular weight excluding hydrogens is 216 g/mol. The second kappa shape index (κ2) is 4.71. The highest BCUT2D eigenvalue weighted by molar-refractivity contribution is 5.59. The highest BCUT2D eigenvalue weighted by Gasteiger charge is 2.15. The van der Waals surface area contributed by atoms with Gasteiger partial charge in [0.2, 0.25) is 5.69 Å². The highest BCUT2D eigenvalue weighted by atomic mass is 16.3. The van der Waals surface area contributed by atoms with Gasteiger partial charge in [-0.05, 0) is 5.18 Å². The van der Waals surface area contributed by atoms with Gasteiger partial charge in [-0.1, -0.05) is 0 Å². The van der Waals surface area contributed by atoms with Crippen LogP contribution in [-0.4, -0.2) is 27.4 Å². The Labute approximate surface area is 90.1 Å². The Morgan fingerprint density at radius 2 is 1.94 bits per heavy atom. The number of aliphatic hydroxyl groups excluding tert-OH is 1. The Morgan fingerprint density at radius 3 is 2.44 bits per heavy atom. The molecule has 0 aliphatic heterocycles. The van der Waals surface area contributed by atoms with Crippen molar-refractivity contribution < 1.29 is 5.11 Å². The Kier molecular flexibility index (Phi) is 3.56. The summed E-state index contributed by atoms with van der Waals surface area (Å²) in [4.78, 5) is 33.6. The van der Waals surface area contributed by atoms with E-state index in [0.29, 0.717) is 0 Å². The minimum Gasteiger partial charge on any atom is -0.395 e. The molecule has 0 aliphatic carbocycles. The average molecular weight is 228 g/mol. The molecule has 2 N–H and O–H groups in total. The van der Waals surface area contributed by atoms with Gasteiger partial charge in [-0.3, -0.25) is 13.9 Å². The third kappa shape index (κ3) is 1.87. The number of nitroso groups, excluding NO2 is 1. The fourth-order valence-electron chi connectivity index (χ4n) is 1.29. The number of nitrogens with zero attached hydrogens (tertiary/aromatic N) is 3. The van der Waals surface area contributed by atoms with Crippen molar-refractivity contribution in [2.24, 2.45) is 19.3 Å². The monoisotopic (exact) mass is 228 g/mol. The molecule has 8 nitrogen and oxygen atoms in total. The standard InChI is InChI=1S/C8H12N4O4/c1-11-6(9-3-4-13)5(10-16)7(14)12(2)8(11)15/h9,13H,3-4H2,1-2H3. The summed E-state index contributed by atoms with van der Waals surface area (Å²) in [5.41, 5.74) is -1.71. The van der Waals surface area contributed by atoms with E-state index in [1.165, 1.54) is 14.1 Å². The van der Waals surface area contributed by atoms with E-state index >= 15 is 0 Å². The first-order chi connectivity index (χ1) is 7.54. The molecule has 16 heavy (non-hydrogen) atoms. The van der Waals surface area contributed by atoms with Crippen LogP contribution < -0.4 is 16.6 Å². The van der Waals surface area contributed by atoms with Crippen LogP contribution in [0.2, 0.25) is 0 Å². The van der Waals surface area contributed by atoms with Gasteiger partial charge in [0.15, 0.2) is 0 Å². The molecule has 1 heterocycles. The molecule has 0 saturated carbocycles. The molecule has 0 atom stereocenters. The Bertz CT molecular complexity index is 516. The van der Waals surface area contributed by atoms with E-state index in [-0.39, 0.29) is 24.7 Å². The third-order valence-electron chi connectivity index (χ3n) is 2.14. The van der Waals surface area contributed by atoms with Crippen LogP contribution in [0.3, 0.4) is 0 Å². The first-order valence-electron chi connectivity index (χ1n) is 4.52. The van der Waals surface area contributed by atoms with Crippen molar-refractivity contribution in [1.29, 1.82) is 0 Å². The van der Waals surface area contributed by atoms with Crippen LogP contribution in [0.5, 0.6) is 0 Å². The van der Waals surface area contributed by atoms with Crippen LogP contribution in [-0.2, 0) is 14.1 Å². The fourth-order valence-corrected chi connectivity index (χ4v) is 1.29. The number of nitrogens with one attached hydrogen (secondary N) is 1. The number of aliphatic hydroxyl groups is 1. The van der Waals surface area contributed by atoms with E-state index in [0.717, 1.165) is 9.13 Å². The predicted octanol–water partition coefficient (Wildman–Crippen LogP) is -1.11. The van der Waals surface area contributed by atoms with Crippen molar-refractivity contribution in [2.75, 3.05) is 18.5 Å². The summed E-state index contributed by atoms with van der Waals surface area (Å²) in [5, 5.41) is 13.8. The second-order valence-corrected chi connectivity index (χ2v) is 3.14. The van der Waals surface area contributed by atoms with E-state index in [4.69, 9.17) is 5.11 Å².